The van der Waals surface area contributed by atoms with Gasteiger partial charge in [0.2, 0.25) is 0 Å². The molecule has 0 heterocycles. The van der Waals surface area contributed by atoms with Gasteiger partial charge in [0.25, 0.3) is 0 Å². The molecule has 0 saturated heterocycles. The van der Waals surface area contributed by atoms with Crippen molar-refractivity contribution in [2.24, 2.45) is 5.73 Å². The van der Waals surface area contributed by atoms with Crippen LogP contribution in [-0.2, 0) is 0 Å². The first-order chi connectivity index (χ1) is 10.0. The zero-order chi connectivity index (χ0) is 15.0. The van der Waals surface area contributed by atoms with Crippen LogP contribution in [0.2, 0.25) is 0 Å². The number of halogens is 3. The van der Waals surface area contributed by atoms with Crippen LogP contribution in [0.25, 0.3) is 0 Å². The van der Waals surface area contributed by atoms with E-state index in [1.54, 1.807) is 24.3 Å². The van der Waals surface area contributed by atoms with Crippen molar-refractivity contribution in [3.05, 3.63) is 65.0 Å². The number of hydrogen-bond donors (Lipinski definition) is 1. The smallest absolute Gasteiger partial charge is 0.134 e. The van der Waals surface area contributed by atoms with E-state index in [0.29, 0.717) is 23.4 Å². The zero-order valence-corrected chi connectivity index (χ0v) is 11.2. The number of benzene rings is 2. The monoisotopic (exact) mass is 293 g/mol. The van der Waals surface area contributed by atoms with Crippen LogP contribution in [-0.4, -0.2) is 6.10 Å². The lowest BCUT2D eigenvalue weighted by molar-refractivity contribution is 0.303. The standard InChI is InChI=1S/C16H14F3NO/c17-10-7-13(18)15(14(19)8-10)16(20)9-1-3-11(4-2-9)21-12-5-6-12/h1-4,7-8,12,16H,5-6,20H2. The normalized spacial score (nSPS) is 15.8. The van der Waals surface area contributed by atoms with Crippen LogP contribution in [0.5, 0.6) is 5.75 Å². The highest BCUT2D eigenvalue weighted by molar-refractivity contribution is 5.36. The van der Waals surface area contributed by atoms with Gasteiger partial charge in [0.05, 0.1) is 12.1 Å². The predicted molar refractivity (Wildman–Crippen MR) is 72.4 cm³/mol. The minimum Gasteiger partial charge on any atom is -0.490 e. The molecule has 5 heteroatoms. The van der Waals surface area contributed by atoms with E-state index in [1.165, 1.54) is 0 Å². The second-order valence-electron chi connectivity index (χ2n) is 5.15. The van der Waals surface area contributed by atoms with E-state index in [0.717, 1.165) is 12.8 Å². The molecule has 0 spiro atoms. The Labute approximate surface area is 120 Å². The van der Waals surface area contributed by atoms with Gasteiger partial charge < -0.3 is 10.5 Å². The third-order valence-electron chi connectivity index (χ3n) is 3.42. The molecule has 1 atom stereocenters. The molecule has 1 aliphatic rings. The summed E-state index contributed by atoms with van der Waals surface area (Å²) in [4.78, 5) is 0. The van der Waals surface area contributed by atoms with Crippen molar-refractivity contribution >= 4 is 0 Å². The Balaban J connectivity index is 1.85. The molecule has 0 aromatic heterocycles. The largest absolute Gasteiger partial charge is 0.490 e. The van der Waals surface area contributed by atoms with Crippen LogP contribution >= 0.6 is 0 Å². The maximum Gasteiger partial charge on any atom is 0.134 e. The van der Waals surface area contributed by atoms with E-state index < -0.39 is 23.5 Å². The quantitative estimate of drug-likeness (QED) is 0.933. The Kier molecular flexibility index (Phi) is 3.59. The van der Waals surface area contributed by atoms with E-state index in [9.17, 15) is 13.2 Å². The third kappa shape index (κ3) is 3.03. The van der Waals surface area contributed by atoms with Crippen LogP contribution in [0.3, 0.4) is 0 Å². The van der Waals surface area contributed by atoms with E-state index in [2.05, 4.69) is 0 Å². The van der Waals surface area contributed by atoms with Crippen molar-refractivity contribution in [1.29, 1.82) is 0 Å². The molecule has 3 rings (SSSR count). The Hall–Kier alpha value is -2.01. The Morgan fingerprint density at radius 1 is 1.00 bits per heavy atom. The fourth-order valence-electron chi connectivity index (χ4n) is 2.15. The third-order valence-corrected chi connectivity index (χ3v) is 3.42. The molecule has 1 saturated carbocycles. The second-order valence-corrected chi connectivity index (χ2v) is 5.15. The van der Waals surface area contributed by atoms with Gasteiger partial charge >= 0.3 is 0 Å². The van der Waals surface area contributed by atoms with Gasteiger partial charge in [0.1, 0.15) is 23.2 Å². The summed E-state index contributed by atoms with van der Waals surface area (Å²) in [6, 6.07) is 7.00. The number of hydrogen-bond acceptors (Lipinski definition) is 2. The summed E-state index contributed by atoms with van der Waals surface area (Å²) in [7, 11) is 0. The molecule has 21 heavy (non-hydrogen) atoms. The summed E-state index contributed by atoms with van der Waals surface area (Å²) in [6.07, 6.45) is 2.37. The fourth-order valence-corrected chi connectivity index (χ4v) is 2.15. The van der Waals surface area contributed by atoms with Crippen LogP contribution < -0.4 is 10.5 Å². The predicted octanol–water partition coefficient (Wildman–Crippen LogP) is 3.69. The molecule has 1 aliphatic carbocycles. The van der Waals surface area contributed by atoms with Gasteiger partial charge in [-0.25, -0.2) is 13.2 Å². The fraction of sp³-hybridized carbons (Fsp3) is 0.250. The lowest BCUT2D eigenvalue weighted by atomic mass is 9.98. The second kappa shape index (κ2) is 5.41. The summed E-state index contributed by atoms with van der Waals surface area (Å²) in [6.45, 7) is 0. The lowest BCUT2D eigenvalue weighted by Crippen LogP contribution is -2.16. The summed E-state index contributed by atoms with van der Waals surface area (Å²) in [5.74, 6) is -2.24. The molecular formula is C16H14F3NO. The summed E-state index contributed by atoms with van der Waals surface area (Å²) < 4.78 is 46.0. The van der Waals surface area contributed by atoms with E-state index in [4.69, 9.17) is 10.5 Å². The highest BCUT2D eigenvalue weighted by Crippen LogP contribution is 2.29. The highest BCUT2D eigenvalue weighted by Gasteiger charge is 2.24. The minimum atomic E-state index is -0.999. The van der Waals surface area contributed by atoms with Crippen molar-refractivity contribution in [3.63, 3.8) is 0 Å². The Morgan fingerprint density at radius 3 is 2.10 bits per heavy atom. The zero-order valence-electron chi connectivity index (χ0n) is 11.2. The Morgan fingerprint density at radius 2 is 1.57 bits per heavy atom. The highest BCUT2D eigenvalue weighted by atomic mass is 19.1. The maximum absolute atomic E-state index is 13.7. The first-order valence-corrected chi connectivity index (χ1v) is 6.71. The Bertz CT molecular complexity index is 630. The average molecular weight is 293 g/mol. The van der Waals surface area contributed by atoms with Gasteiger partial charge in [-0.2, -0.15) is 0 Å². The van der Waals surface area contributed by atoms with Crippen molar-refractivity contribution in [2.45, 2.75) is 25.0 Å². The van der Waals surface area contributed by atoms with E-state index in [-0.39, 0.29) is 11.7 Å². The van der Waals surface area contributed by atoms with Crippen molar-refractivity contribution in [2.75, 3.05) is 0 Å². The van der Waals surface area contributed by atoms with Crippen molar-refractivity contribution in [3.8, 4) is 5.75 Å². The molecule has 0 radical (unpaired) electrons. The molecule has 1 unspecified atom stereocenters. The number of nitrogens with two attached hydrogens (primary N) is 1. The van der Waals surface area contributed by atoms with Crippen LogP contribution in [0.15, 0.2) is 36.4 Å². The maximum atomic E-state index is 13.7. The summed E-state index contributed by atoms with van der Waals surface area (Å²) in [5.41, 5.74) is 6.08. The van der Waals surface area contributed by atoms with Crippen LogP contribution in [0.1, 0.15) is 30.0 Å². The molecule has 2 aromatic rings. The minimum absolute atomic E-state index is 0.275. The molecule has 110 valence electrons. The molecule has 1 fully saturated rings. The van der Waals surface area contributed by atoms with Crippen molar-refractivity contribution in [1.82, 2.24) is 0 Å². The SMILES string of the molecule is NC(c1ccc(OC2CC2)cc1)c1c(F)cc(F)cc1F. The molecule has 2 aromatic carbocycles. The first kappa shape index (κ1) is 13.9. The van der Waals surface area contributed by atoms with Gasteiger partial charge in [0, 0.05) is 17.7 Å². The van der Waals surface area contributed by atoms with E-state index >= 15 is 0 Å². The van der Waals surface area contributed by atoms with Gasteiger partial charge in [0.15, 0.2) is 0 Å². The summed E-state index contributed by atoms with van der Waals surface area (Å²) >= 11 is 0. The van der Waals surface area contributed by atoms with Gasteiger partial charge in [-0.3, -0.25) is 0 Å². The number of rotatable bonds is 4. The number of ether oxygens (including phenoxy) is 1. The topological polar surface area (TPSA) is 35.2 Å². The van der Waals surface area contributed by atoms with Gasteiger partial charge in [-0.1, -0.05) is 12.1 Å². The molecular weight excluding hydrogens is 279 g/mol. The molecule has 2 nitrogen and oxygen atoms in total. The van der Waals surface area contributed by atoms with Crippen LogP contribution in [0, 0.1) is 17.5 Å². The lowest BCUT2D eigenvalue weighted by Gasteiger charge is -2.15. The average Bonchev–Trinajstić information content (AvgIpc) is 3.22. The van der Waals surface area contributed by atoms with E-state index in [1.807, 2.05) is 0 Å². The molecule has 0 aliphatic heterocycles. The van der Waals surface area contributed by atoms with Crippen molar-refractivity contribution < 1.29 is 17.9 Å². The van der Waals surface area contributed by atoms with Gasteiger partial charge in [-0.05, 0) is 30.5 Å². The summed E-state index contributed by atoms with van der Waals surface area (Å²) in [5, 5.41) is 0. The van der Waals surface area contributed by atoms with Gasteiger partial charge in [-0.15, -0.1) is 0 Å². The molecule has 0 bridgehead atoms. The van der Waals surface area contributed by atoms with Crippen LogP contribution in [0.4, 0.5) is 13.2 Å². The first-order valence-electron chi connectivity index (χ1n) is 6.71. The molecule has 0 amide bonds. The molecule has 2 N–H and O–H groups in total.